The Bertz CT molecular complexity index is 1230. The second-order valence-electron chi connectivity index (χ2n) is 9.53. The van der Waals surface area contributed by atoms with Crippen molar-refractivity contribution >= 4 is 23.3 Å². The van der Waals surface area contributed by atoms with E-state index in [1.807, 2.05) is 29.9 Å². The number of piperidine rings is 3. The van der Waals surface area contributed by atoms with Gasteiger partial charge in [-0.2, -0.15) is 5.10 Å². The monoisotopic (exact) mass is 509 g/mol. The minimum Gasteiger partial charge on any atom is -0.493 e. The first-order chi connectivity index (χ1) is 17.4. The third kappa shape index (κ3) is 5.01. The number of methoxy groups -OCH3 is 2. The molecule has 0 spiro atoms. The number of halogens is 1. The van der Waals surface area contributed by atoms with Crippen molar-refractivity contribution in [3.8, 4) is 22.8 Å². The summed E-state index contributed by atoms with van der Waals surface area (Å²) in [5, 5.41) is 11.4. The molecular formula is C27H32ClN5O3. The molecule has 3 aliphatic heterocycles. The van der Waals surface area contributed by atoms with Gasteiger partial charge in [0.15, 0.2) is 11.5 Å². The van der Waals surface area contributed by atoms with Crippen molar-refractivity contribution in [2.75, 3.05) is 39.2 Å². The molecule has 3 aromatic rings. The van der Waals surface area contributed by atoms with Crippen LogP contribution in [0.25, 0.3) is 11.3 Å². The van der Waals surface area contributed by atoms with Gasteiger partial charge in [0.2, 0.25) is 0 Å². The highest BCUT2D eigenvalue weighted by Crippen LogP contribution is 2.42. The summed E-state index contributed by atoms with van der Waals surface area (Å²) in [5.41, 5.74) is 3.91. The molecule has 6 rings (SSSR count). The van der Waals surface area contributed by atoms with Gasteiger partial charge in [-0.25, -0.2) is 4.79 Å². The van der Waals surface area contributed by atoms with Crippen LogP contribution in [-0.4, -0.2) is 60.6 Å². The van der Waals surface area contributed by atoms with Gasteiger partial charge in [0.05, 0.1) is 19.9 Å². The number of rotatable bonds is 7. The number of nitrogens with zero attached hydrogens (tertiary/aromatic N) is 3. The van der Waals surface area contributed by atoms with E-state index in [1.165, 1.54) is 5.69 Å². The normalized spacial score (nSPS) is 22.8. The molecule has 36 heavy (non-hydrogen) atoms. The van der Waals surface area contributed by atoms with E-state index in [2.05, 4.69) is 21.6 Å². The van der Waals surface area contributed by atoms with Gasteiger partial charge >= 0.3 is 6.03 Å². The molecule has 9 heteroatoms. The maximum atomic E-state index is 12.4. The van der Waals surface area contributed by atoms with Crippen molar-refractivity contribution in [3.63, 3.8) is 0 Å². The van der Waals surface area contributed by atoms with E-state index in [4.69, 9.17) is 26.2 Å². The van der Waals surface area contributed by atoms with Crippen molar-refractivity contribution in [3.05, 3.63) is 59.2 Å². The quantitative estimate of drug-likeness (QED) is 0.480. The van der Waals surface area contributed by atoms with Crippen LogP contribution < -0.4 is 20.1 Å². The number of amides is 2. The Balaban J connectivity index is 1.22. The number of anilines is 1. The Morgan fingerprint density at radius 3 is 2.58 bits per heavy atom. The molecule has 1 aromatic heterocycles. The van der Waals surface area contributed by atoms with Crippen LogP contribution in [0.5, 0.6) is 11.5 Å². The first kappa shape index (κ1) is 24.5. The molecule has 0 saturated carbocycles. The smallest absolute Gasteiger partial charge is 0.319 e. The van der Waals surface area contributed by atoms with E-state index >= 15 is 0 Å². The number of carbonyl (C=O) groups is 1. The van der Waals surface area contributed by atoms with E-state index in [1.54, 1.807) is 38.5 Å². The average molecular weight is 510 g/mol. The number of nitrogens with one attached hydrogen (secondary N) is 2. The van der Waals surface area contributed by atoms with E-state index in [-0.39, 0.29) is 6.03 Å². The topological polar surface area (TPSA) is 80.7 Å². The van der Waals surface area contributed by atoms with Crippen LogP contribution in [0.2, 0.25) is 5.02 Å². The van der Waals surface area contributed by atoms with Crippen molar-refractivity contribution in [1.82, 2.24) is 20.0 Å². The predicted octanol–water partition coefficient (Wildman–Crippen LogP) is 4.76. The van der Waals surface area contributed by atoms with Crippen molar-refractivity contribution < 1.29 is 14.3 Å². The molecule has 3 fully saturated rings. The van der Waals surface area contributed by atoms with E-state index in [0.717, 1.165) is 42.9 Å². The number of ether oxygens (including phenoxy) is 2. The van der Waals surface area contributed by atoms with Crippen molar-refractivity contribution in [1.29, 1.82) is 0 Å². The van der Waals surface area contributed by atoms with Crippen LogP contribution >= 0.6 is 11.6 Å². The fourth-order valence-electron chi connectivity index (χ4n) is 5.57. The highest BCUT2D eigenvalue weighted by Gasteiger charge is 2.41. The third-order valence-electron chi connectivity index (χ3n) is 7.45. The molecule has 4 heterocycles. The van der Waals surface area contributed by atoms with Gasteiger partial charge in [-0.3, -0.25) is 9.58 Å². The summed E-state index contributed by atoms with van der Waals surface area (Å²) < 4.78 is 12.9. The molecule has 4 unspecified atom stereocenters. The Labute approximate surface area is 216 Å². The molecule has 2 N–H and O–H groups in total. The first-order valence-electron chi connectivity index (χ1n) is 12.3. The Kier molecular flexibility index (Phi) is 7.07. The fourth-order valence-corrected chi connectivity index (χ4v) is 5.70. The summed E-state index contributed by atoms with van der Waals surface area (Å²) in [5.74, 6) is 2.39. The molecule has 3 aliphatic rings. The molecule has 3 saturated heterocycles. The minimum atomic E-state index is -0.192. The molecular weight excluding hydrogens is 478 g/mol. The third-order valence-corrected chi connectivity index (χ3v) is 7.71. The van der Waals surface area contributed by atoms with E-state index in [0.29, 0.717) is 40.9 Å². The molecule has 190 valence electrons. The van der Waals surface area contributed by atoms with Crippen molar-refractivity contribution in [2.24, 2.45) is 13.0 Å². The number of carbonyl (C=O) groups excluding carboxylic acids is 1. The summed E-state index contributed by atoms with van der Waals surface area (Å²) in [4.78, 5) is 14.9. The van der Waals surface area contributed by atoms with Crippen molar-refractivity contribution in [2.45, 2.75) is 24.8 Å². The lowest BCUT2D eigenvalue weighted by atomic mass is 9.74. The molecule has 2 amide bonds. The second-order valence-corrected chi connectivity index (χ2v) is 9.97. The summed E-state index contributed by atoms with van der Waals surface area (Å²) in [6.07, 6.45) is 2.22. The predicted molar refractivity (Wildman–Crippen MR) is 141 cm³/mol. The lowest BCUT2D eigenvalue weighted by Crippen LogP contribution is -2.56. The highest BCUT2D eigenvalue weighted by molar-refractivity contribution is 6.30. The van der Waals surface area contributed by atoms with E-state index in [9.17, 15) is 4.79 Å². The number of fused-ring (bicyclic) bond motifs is 3. The van der Waals surface area contributed by atoms with E-state index < -0.39 is 0 Å². The van der Waals surface area contributed by atoms with Gasteiger partial charge in [0, 0.05) is 54.1 Å². The van der Waals surface area contributed by atoms with Crippen LogP contribution in [0.15, 0.2) is 48.5 Å². The second kappa shape index (κ2) is 10.4. The Morgan fingerprint density at radius 1 is 1.11 bits per heavy atom. The zero-order valence-corrected chi connectivity index (χ0v) is 21.6. The maximum Gasteiger partial charge on any atom is 0.319 e. The number of aryl methyl sites for hydroxylation is 1. The summed E-state index contributed by atoms with van der Waals surface area (Å²) in [6, 6.07) is 15.4. The van der Waals surface area contributed by atoms with Gasteiger partial charge in [0.25, 0.3) is 0 Å². The average Bonchev–Trinajstić information content (AvgIpc) is 3.30. The standard InChI is InChI=1S/C27H32ClN5O3/c1-32-24(14-23(31-32)18-4-9-25(35-2)26(13-18)36-3)22-16-33-11-10-17(22)12-21(33)15-29-27(34)30-20-7-5-19(28)6-8-20/h4-9,13-14,17,21-22H,10-12,15-16H2,1-3H3,(H2,29,30,34). The summed E-state index contributed by atoms with van der Waals surface area (Å²) in [6.45, 7) is 2.67. The van der Waals surface area contributed by atoms with Gasteiger partial charge in [-0.1, -0.05) is 11.6 Å². The fraction of sp³-hybridized carbons (Fsp3) is 0.407. The molecule has 8 nitrogen and oxygen atoms in total. The highest BCUT2D eigenvalue weighted by atomic mass is 35.5. The number of aromatic nitrogens is 2. The lowest BCUT2D eigenvalue weighted by molar-refractivity contribution is 0.0296. The minimum absolute atomic E-state index is 0.192. The molecule has 4 atom stereocenters. The van der Waals surface area contributed by atoms with Gasteiger partial charge in [0.1, 0.15) is 0 Å². The molecule has 2 aromatic carbocycles. The molecule has 0 radical (unpaired) electrons. The van der Waals surface area contributed by atoms with Gasteiger partial charge in [-0.05, 0) is 73.8 Å². The van der Waals surface area contributed by atoms with Gasteiger partial charge < -0.3 is 20.1 Å². The first-order valence-corrected chi connectivity index (χ1v) is 12.6. The zero-order chi connectivity index (χ0) is 25.2. The number of urea groups is 1. The lowest BCUT2D eigenvalue weighted by Gasteiger charge is -2.49. The van der Waals surface area contributed by atoms with Crippen LogP contribution in [0.1, 0.15) is 24.5 Å². The van der Waals surface area contributed by atoms with Gasteiger partial charge in [-0.15, -0.1) is 0 Å². The molecule has 0 aliphatic carbocycles. The SMILES string of the molecule is COc1ccc(-c2cc(C3CN4CCC3CC4CNC(=O)Nc3ccc(Cl)cc3)n(C)n2)cc1OC. The largest absolute Gasteiger partial charge is 0.493 e. The molecule has 2 bridgehead atoms. The summed E-state index contributed by atoms with van der Waals surface area (Å²) >= 11 is 5.92. The number of hydrogen-bond acceptors (Lipinski definition) is 5. The van der Waals surface area contributed by atoms with Crippen LogP contribution in [0.4, 0.5) is 10.5 Å². The maximum absolute atomic E-state index is 12.4. The van der Waals surface area contributed by atoms with Crippen LogP contribution in [0, 0.1) is 5.92 Å². The van der Waals surface area contributed by atoms with Crippen LogP contribution in [-0.2, 0) is 7.05 Å². The Hall–Kier alpha value is -3.23. The van der Waals surface area contributed by atoms with Crippen LogP contribution in [0.3, 0.4) is 0 Å². The number of benzene rings is 2. The zero-order valence-electron chi connectivity index (χ0n) is 20.8. The Morgan fingerprint density at radius 2 is 1.89 bits per heavy atom. The number of hydrogen-bond donors (Lipinski definition) is 2. The summed E-state index contributed by atoms with van der Waals surface area (Å²) in [7, 11) is 5.31.